The molecule has 0 atom stereocenters. The molecule has 1 rings (SSSR count). The maximum atomic E-state index is 10.9. The Morgan fingerprint density at radius 1 is 1.33 bits per heavy atom. The fraction of sp³-hybridized carbons (Fsp3) is 0.500. The van der Waals surface area contributed by atoms with Crippen molar-refractivity contribution in [3.05, 3.63) is 33.9 Å². The van der Waals surface area contributed by atoms with Crippen LogP contribution in [-0.2, 0) is 10.6 Å². The van der Waals surface area contributed by atoms with Crippen LogP contribution >= 0.6 is 11.6 Å². The van der Waals surface area contributed by atoms with Crippen LogP contribution in [0, 0.1) is 10.1 Å². The summed E-state index contributed by atoms with van der Waals surface area (Å²) in [7, 11) is 0. The standard InChI is InChI=1S/C12H16ClNO4/c1-2-5-17-6-7-18-12-4-3-10(9-13)8-11(12)14(15)16/h3-4,8H,2,5-7,9H2,1H3. The number of nitro groups is 1. The summed E-state index contributed by atoms with van der Waals surface area (Å²) in [6.45, 7) is 3.39. The van der Waals surface area contributed by atoms with E-state index in [1.165, 1.54) is 6.07 Å². The predicted molar refractivity (Wildman–Crippen MR) is 69.3 cm³/mol. The fourth-order valence-corrected chi connectivity index (χ4v) is 1.53. The number of hydrogen-bond donors (Lipinski definition) is 0. The van der Waals surface area contributed by atoms with E-state index >= 15 is 0 Å². The van der Waals surface area contributed by atoms with Crippen molar-refractivity contribution < 1.29 is 14.4 Å². The molecule has 0 aliphatic rings. The lowest BCUT2D eigenvalue weighted by atomic mass is 10.2. The molecule has 6 heteroatoms. The van der Waals surface area contributed by atoms with Gasteiger partial charge in [0.05, 0.1) is 11.5 Å². The van der Waals surface area contributed by atoms with Gasteiger partial charge in [0.2, 0.25) is 0 Å². The zero-order chi connectivity index (χ0) is 13.4. The quantitative estimate of drug-likeness (QED) is 0.316. The van der Waals surface area contributed by atoms with Crippen LogP contribution in [0.1, 0.15) is 18.9 Å². The minimum absolute atomic E-state index is 0.0661. The molecule has 0 aromatic heterocycles. The van der Waals surface area contributed by atoms with Crippen LogP contribution in [0.3, 0.4) is 0 Å². The van der Waals surface area contributed by atoms with Gasteiger partial charge in [0, 0.05) is 18.6 Å². The van der Waals surface area contributed by atoms with Crippen LogP contribution < -0.4 is 4.74 Å². The minimum atomic E-state index is -0.474. The molecular formula is C12H16ClNO4. The first kappa shape index (κ1) is 14.7. The molecule has 18 heavy (non-hydrogen) atoms. The Morgan fingerprint density at radius 3 is 2.72 bits per heavy atom. The Kier molecular flexibility index (Phi) is 6.46. The highest BCUT2D eigenvalue weighted by Gasteiger charge is 2.15. The van der Waals surface area contributed by atoms with E-state index in [2.05, 4.69) is 0 Å². The Morgan fingerprint density at radius 2 is 2.11 bits per heavy atom. The lowest BCUT2D eigenvalue weighted by molar-refractivity contribution is -0.385. The summed E-state index contributed by atoms with van der Waals surface area (Å²) in [5, 5.41) is 10.9. The zero-order valence-corrected chi connectivity index (χ0v) is 11.0. The normalized spacial score (nSPS) is 10.3. The van der Waals surface area contributed by atoms with Gasteiger partial charge in [0.1, 0.15) is 6.61 Å². The third kappa shape index (κ3) is 4.50. The van der Waals surface area contributed by atoms with E-state index in [1.807, 2.05) is 6.92 Å². The summed E-state index contributed by atoms with van der Waals surface area (Å²) in [5.74, 6) is 0.481. The lowest BCUT2D eigenvalue weighted by Gasteiger charge is -2.07. The fourth-order valence-electron chi connectivity index (χ4n) is 1.37. The van der Waals surface area contributed by atoms with Gasteiger partial charge in [0.25, 0.3) is 0 Å². The highest BCUT2D eigenvalue weighted by molar-refractivity contribution is 6.17. The topological polar surface area (TPSA) is 61.6 Å². The maximum Gasteiger partial charge on any atom is 0.311 e. The molecule has 5 nitrogen and oxygen atoms in total. The average molecular weight is 274 g/mol. The zero-order valence-electron chi connectivity index (χ0n) is 10.2. The molecule has 0 aliphatic heterocycles. The van der Waals surface area contributed by atoms with Crippen molar-refractivity contribution in [2.75, 3.05) is 19.8 Å². The number of ether oxygens (including phenoxy) is 2. The second-order valence-electron chi connectivity index (χ2n) is 3.65. The van der Waals surface area contributed by atoms with Crippen molar-refractivity contribution in [1.29, 1.82) is 0 Å². The van der Waals surface area contributed by atoms with E-state index in [0.717, 1.165) is 6.42 Å². The van der Waals surface area contributed by atoms with Gasteiger partial charge in [0.15, 0.2) is 5.75 Å². The van der Waals surface area contributed by atoms with Crippen molar-refractivity contribution in [2.45, 2.75) is 19.2 Å². The monoisotopic (exact) mass is 273 g/mol. The van der Waals surface area contributed by atoms with Crippen molar-refractivity contribution in [1.82, 2.24) is 0 Å². The smallest absolute Gasteiger partial charge is 0.311 e. The van der Waals surface area contributed by atoms with Gasteiger partial charge in [-0.1, -0.05) is 13.0 Å². The molecule has 0 saturated carbocycles. The third-order valence-electron chi connectivity index (χ3n) is 2.21. The van der Waals surface area contributed by atoms with Crippen molar-refractivity contribution >= 4 is 17.3 Å². The summed E-state index contributed by atoms with van der Waals surface area (Å²) in [5.41, 5.74) is 0.626. The number of benzene rings is 1. The van der Waals surface area contributed by atoms with Crippen molar-refractivity contribution in [3.8, 4) is 5.75 Å². The molecular weight excluding hydrogens is 258 g/mol. The summed E-state index contributed by atoms with van der Waals surface area (Å²) < 4.78 is 10.6. The third-order valence-corrected chi connectivity index (χ3v) is 2.52. The predicted octanol–water partition coefficient (Wildman–Crippen LogP) is 3.14. The molecule has 0 unspecified atom stereocenters. The lowest BCUT2D eigenvalue weighted by Crippen LogP contribution is -2.08. The second-order valence-corrected chi connectivity index (χ2v) is 3.92. The van der Waals surface area contributed by atoms with Crippen LogP contribution in [-0.4, -0.2) is 24.7 Å². The van der Waals surface area contributed by atoms with Crippen molar-refractivity contribution in [3.63, 3.8) is 0 Å². The number of nitrogens with zero attached hydrogens (tertiary/aromatic N) is 1. The van der Waals surface area contributed by atoms with E-state index in [0.29, 0.717) is 25.4 Å². The number of alkyl halides is 1. The summed E-state index contributed by atoms with van der Waals surface area (Å²) in [6.07, 6.45) is 0.935. The molecule has 0 amide bonds. The van der Waals surface area contributed by atoms with Crippen LogP contribution in [0.15, 0.2) is 18.2 Å². The Hall–Kier alpha value is -1.33. The van der Waals surface area contributed by atoms with Gasteiger partial charge in [-0.05, 0) is 18.1 Å². The van der Waals surface area contributed by atoms with E-state index < -0.39 is 4.92 Å². The molecule has 0 heterocycles. The molecule has 1 aromatic rings. The molecule has 0 saturated heterocycles. The Bertz CT molecular complexity index is 398. The molecule has 0 fully saturated rings. The van der Waals surface area contributed by atoms with Crippen molar-refractivity contribution in [2.24, 2.45) is 0 Å². The first-order valence-electron chi connectivity index (χ1n) is 5.72. The first-order chi connectivity index (χ1) is 8.69. The molecule has 0 spiro atoms. The number of rotatable bonds is 8. The van der Waals surface area contributed by atoms with E-state index in [4.69, 9.17) is 21.1 Å². The maximum absolute atomic E-state index is 10.9. The minimum Gasteiger partial charge on any atom is -0.484 e. The Labute approximate surface area is 111 Å². The van der Waals surface area contributed by atoms with E-state index in [9.17, 15) is 10.1 Å². The Balaban J connectivity index is 2.61. The molecule has 0 bridgehead atoms. The molecule has 0 N–H and O–H groups in total. The van der Waals surface area contributed by atoms with Crippen LogP contribution in [0.5, 0.6) is 5.75 Å². The molecule has 0 aliphatic carbocycles. The van der Waals surface area contributed by atoms with Gasteiger partial charge in [-0.25, -0.2) is 0 Å². The molecule has 100 valence electrons. The van der Waals surface area contributed by atoms with Gasteiger partial charge in [-0.3, -0.25) is 10.1 Å². The van der Waals surface area contributed by atoms with Gasteiger partial charge in [-0.2, -0.15) is 0 Å². The number of halogens is 1. The second kappa shape index (κ2) is 7.89. The largest absolute Gasteiger partial charge is 0.484 e. The van der Waals surface area contributed by atoms with E-state index in [1.54, 1.807) is 12.1 Å². The summed E-state index contributed by atoms with van der Waals surface area (Å²) in [4.78, 5) is 10.4. The molecule has 1 aromatic carbocycles. The first-order valence-corrected chi connectivity index (χ1v) is 6.26. The SMILES string of the molecule is CCCOCCOc1ccc(CCl)cc1[N+](=O)[O-]. The number of hydrogen-bond acceptors (Lipinski definition) is 4. The highest BCUT2D eigenvalue weighted by Crippen LogP contribution is 2.28. The highest BCUT2D eigenvalue weighted by atomic mass is 35.5. The number of nitro benzene ring substituents is 1. The van der Waals surface area contributed by atoms with E-state index in [-0.39, 0.29) is 17.3 Å². The van der Waals surface area contributed by atoms with Crippen LogP contribution in [0.4, 0.5) is 5.69 Å². The van der Waals surface area contributed by atoms with Gasteiger partial charge in [-0.15, -0.1) is 11.6 Å². The average Bonchev–Trinajstić information content (AvgIpc) is 2.38. The van der Waals surface area contributed by atoms with Crippen LogP contribution in [0.25, 0.3) is 0 Å². The molecule has 0 radical (unpaired) electrons. The van der Waals surface area contributed by atoms with Gasteiger partial charge >= 0.3 is 5.69 Å². The summed E-state index contributed by atoms with van der Waals surface area (Å²) in [6, 6.07) is 4.70. The summed E-state index contributed by atoms with van der Waals surface area (Å²) >= 11 is 5.63. The van der Waals surface area contributed by atoms with Crippen LogP contribution in [0.2, 0.25) is 0 Å². The van der Waals surface area contributed by atoms with Gasteiger partial charge < -0.3 is 9.47 Å².